The smallest absolute Gasteiger partial charge is 0.245 e. The molecule has 0 aliphatic carbocycles. The average molecular weight is 348 g/mol. The van der Waals surface area contributed by atoms with Crippen molar-refractivity contribution in [3.8, 4) is 5.88 Å². The lowest BCUT2D eigenvalue weighted by molar-refractivity contribution is 0.115. The topological polar surface area (TPSA) is 67.3 Å². The van der Waals surface area contributed by atoms with E-state index in [-0.39, 0.29) is 19.0 Å². The van der Waals surface area contributed by atoms with Crippen LogP contribution in [0.1, 0.15) is 0 Å². The van der Waals surface area contributed by atoms with Gasteiger partial charge in [0.1, 0.15) is 24.7 Å². The first-order valence-electron chi connectivity index (χ1n) is 5.42. The van der Waals surface area contributed by atoms with Crippen LogP contribution in [0, 0.1) is 5.82 Å². The van der Waals surface area contributed by atoms with Gasteiger partial charge in [0.05, 0.1) is 16.2 Å². The van der Waals surface area contributed by atoms with Gasteiger partial charge in [-0.1, -0.05) is 0 Å². The first-order valence-corrected chi connectivity index (χ1v) is 6.95. The van der Waals surface area contributed by atoms with E-state index in [1.54, 1.807) is 12.1 Å². The molecule has 1 aromatic heterocycles. The summed E-state index contributed by atoms with van der Waals surface area (Å²) in [6.07, 6.45) is 0.785. The molecule has 102 valence electrons. The van der Waals surface area contributed by atoms with Gasteiger partial charge in [0, 0.05) is 12.2 Å². The molecule has 1 heterocycles. The second-order valence-electron chi connectivity index (χ2n) is 3.72. The molecular weight excluding hydrogens is 337 g/mol. The molecular formula is C11H11BrFN3O2S. The van der Waals surface area contributed by atoms with E-state index in [1.165, 1.54) is 12.3 Å². The maximum Gasteiger partial charge on any atom is 0.245 e. The summed E-state index contributed by atoms with van der Waals surface area (Å²) in [6, 6.07) is 4.54. The molecule has 19 heavy (non-hydrogen) atoms. The maximum absolute atomic E-state index is 13.0. The molecule has 1 unspecified atom stereocenters. The monoisotopic (exact) mass is 347 g/mol. The van der Waals surface area contributed by atoms with Crippen LogP contribution in [0.15, 0.2) is 28.9 Å². The van der Waals surface area contributed by atoms with E-state index in [9.17, 15) is 9.50 Å². The number of anilines is 1. The van der Waals surface area contributed by atoms with Crippen LogP contribution in [-0.4, -0.2) is 33.1 Å². The number of hydrogen-bond donors (Lipinski definition) is 2. The van der Waals surface area contributed by atoms with Crippen LogP contribution in [0.3, 0.4) is 0 Å². The van der Waals surface area contributed by atoms with Crippen LogP contribution >= 0.6 is 27.7 Å². The van der Waals surface area contributed by atoms with Crippen molar-refractivity contribution in [2.24, 2.45) is 0 Å². The molecule has 0 radical (unpaired) electrons. The number of benzene rings is 1. The average Bonchev–Trinajstić information content (AvgIpc) is 2.91. The van der Waals surface area contributed by atoms with Crippen molar-refractivity contribution in [1.82, 2.24) is 8.75 Å². The summed E-state index contributed by atoms with van der Waals surface area (Å²) in [4.78, 5) is 0. The molecule has 1 aromatic carbocycles. The molecule has 1 atom stereocenters. The molecule has 0 bridgehead atoms. The van der Waals surface area contributed by atoms with Crippen LogP contribution in [0.5, 0.6) is 5.88 Å². The number of ether oxygens (including phenoxy) is 1. The number of rotatable bonds is 6. The predicted octanol–water partition coefficient (Wildman–Crippen LogP) is 2.29. The molecule has 8 heteroatoms. The zero-order chi connectivity index (χ0) is 13.7. The fourth-order valence-corrected chi connectivity index (χ4v) is 2.05. The Morgan fingerprint density at radius 1 is 1.53 bits per heavy atom. The van der Waals surface area contributed by atoms with E-state index >= 15 is 0 Å². The number of nitrogens with zero attached hydrogens (tertiary/aromatic N) is 2. The summed E-state index contributed by atoms with van der Waals surface area (Å²) >= 11 is 4.14. The van der Waals surface area contributed by atoms with Crippen molar-refractivity contribution < 1.29 is 14.2 Å². The molecule has 0 amide bonds. The van der Waals surface area contributed by atoms with E-state index in [0.717, 1.165) is 11.7 Å². The highest BCUT2D eigenvalue weighted by Gasteiger charge is 2.07. The van der Waals surface area contributed by atoms with Gasteiger partial charge in [0.25, 0.3) is 0 Å². The number of aliphatic hydroxyl groups is 1. The van der Waals surface area contributed by atoms with Crippen molar-refractivity contribution >= 4 is 33.3 Å². The van der Waals surface area contributed by atoms with Gasteiger partial charge in [-0.15, -0.1) is 4.37 Å². The minimum Gasteiger partial charge on any atom is -0.473 e. The second kappa shape index (κ2) is 6.78. The van der Waals surface area contributed by atoms with Crippen molar-refractivity contribution in [2.75, 3.05) is 18.5 Å². The highest BCUT2D eigenvalue weighted by Crippen LogP contribution is 2.19. The zero-order valence-corrected chi connectivity index (χ0v) is 12.1. The maximum atomic E-state index is 13.0. The van der Waals surface area contributed by atoms with Crippen LogP contribution in [0.4, 0.5) is 10.1 Å². The van der Waals surface area contributed by atoms with Crippen LogP contribution in [0.25, 0.3) is 0 Å². The van der Waals surface area contributed by atoms with Crippen molar-refractivity contribution in [1.29, 1.82) is 0 Å². The lowest BCUT2D eigenvalue weighted by Crippen LogP contribution is -2.26. The third-order valence-electron chi connectivity index (χ3n) is 2.23. The highest BCUT2D eigenvalue weighted by atomic mass is 79.9. The van der Waals surface area contributed by atoms with E-state index < -0.39 is 6.10 Å². The number of aliphatic hydroxyl groups excluding tert-OH is 1. The molecule has 5 nitrogen and oxygen atoms in total. The summed E-state index contributed by atoms with van der Waals surface area (Å²) in [5.74, 6) is 0.0686. The van der Waals surface area contributed by atoms with Crippen LogP contribution in [-0.2, 0) is 0 Å². The highest BCUT2D eigenvalue weighted by molar-refractivity contribution is 9.10. The Balaban J connectivity index is 1.76. The fourth-order valence-electron chi connectivity index (χ4n) is 1.30. The minimum atomic E-state index is -0.703. The number of aromatic nitrogens is 2. The second-order valence-corrected chi connectivity index (χ2v) is 5.13. The zero-order valence-electron chi connectivity index (χ0n) is 9.72. The van der Waals surface area contributed by atoms with Crippen LogP contribution < -0.4 is 10.1 Å². The number of hydrogen-bond acceptors (Lipinski definition) is 6. The molecule has 2 rings (SSSR count). The van der Waals surface area contributed by atoms with Gasteiger partial charge in [-0.05, 0) is 34.1 Å². The third kappa shape index (κ3) is 4.41. The first-order chi connectivity index (χ1) is 9.15. The van der Waals surface area contributed by atoms with E-state index in [4.69, 9.17) is 4.74 Å². The van der Waals surface area contributed by atoms with Crippen molar-refractivity contribution in [3.63, 3.8) is 0 Å². The predicted molar refractivity (Wildman–Crippen MR) is 74.0 cm³/mol. The lowest BCUT2D eigenvalue weighted by Gasteiger charge is -2.13. The van der Waals surface area contributed by atoms with Crippen LogP contribution in [0.2, 0.25) is 0 Å². The summed E-state index contributed by atoms with van der Waals surface area (Å²) in [6.45, 7) is 0.399. The molecule has 0 aliphatic heterocycles. The Kier molecular flexibility index (Phi) is 5.06. The summed E-state index contributed by atoms with van der Waals surface area (Å²) in [5, 5.41) is 12.7. The van der Waals surface area contributed by atoms with Gasteiger partial charge < -0.3 is 15.2 Å². The van der Waals surface area contributed by atoms with Gasteiger partial charge in [-0.3, -0.25) is 0 Å². The Bertz CT molecular complexity index is 527. The molecule has 2 aromatic rings. The molecule has 0 aliphatic rings. The number of halogens is 2. The number of nitrogens with one attached hydrogen (secondary N) is 1. The summed E-state index contributed by atoms with van der Waals surface area (Å²) in [5.41, 5.74) is 0.711. The fraction of sp³-hybridized carbons (Fsp3) is 0.273. The lowest BCUT2D eigenvalue weighted by atomic mass is 10.3. The van der Waals surface area contributed by atoms with Gasteiger partial charge in [-0.25, -0.2) is 4.39 Å². The van der Waals surface area contributed by atoms with Gasteiger partial charge in [-0.2, -0.15) is 4.37 Å². The van der Waals surface area contributed by atoms with E-state index in [2.05, 4.69) is 30.0 Å². The third-order valence-corrected chi connectivity index (χ3v) is 3.30. The Labute approximate surface area is 121 Å². The van der Waals surface area contributed by atoms with E-state index in [1.807, 2.05) is 0 Å². The largest absolute Gasteiger partial charge is 0.473 e. The quantitative estimate of drug-likeness (QED) is 0.839. The minimum absolute atomic E-state index is 0.112. The first kappa shape index (κ1) is 14.2. The summed E-state index contributed by atoms with van der Waals surface area (Å²) in [7, 11) is 0. The summed E-state index contributed by atoms with van der Waals surface area (Å²) < 4.78 is 26.2. The van der Waals surface area contributed by atoms with Gasteiger partial charge >= 0.3 is 0 Å². The van der Waals surface area contributed by atoms with Crippen molar-refractivity contribution in [2.45, 2.75) is 6.10 Å². The van der Waals surface area contributed by atoms with Gasteiger partial charge in [0.2, 0.25) is 5.88 Å². The van der Waals surface area contributed by atoms with Crippen molar-refractivity contribution in [3.05, 3.63) is 34.7 Å². The molecule has 0 saturated carbocycles. The molecule has 0 spiro atoms. The Morgan fingerprint density at radius 3 is 3.05 bits per heavy atom. The molecule has 0 fully saturated rings. The molecule has 2 N–H and O–H groups in total. The Hall–Kier alpha value is -1.25. The molecule has 0 saturated heterocycles. The SMILES string of the molecule is OC(CNc1ccc(F)c(Br)c1)COc1cnsn1. The van der Waals surface area contributed by atoms with E-state index in [0.29, 0.717) is 16.0 Å². The van der Waals surface area contributed by atoms with Gasteiger partial charge in [0.15, 0.2) is 0 Å². The normalized spacial score (nSPS) is 12.2. The Morgan fingerprint density at radius 2 is 2.37 bits per heavy atom. The standard InChI is InChI=1S/C11H11BrFN3O2S/c12-9-3-7(1-2-10(9)13)14-4-8(17)6-18-11-5-15-19-16-11/h1-3,5,8,14,17H,4,6H2.